The SMILES string of the molecule is CC(CCOC(=O)c1ccccc1)/N=N/C(C)(Cl)CCOC(=O)c1ccccc1. The molecule has 2 aromatic carbocycles. The summed E-state index contributed by atoms with van der Waals surface area (Å²) in [6, 6.07) is 17.4. The van der Waals surface area contributed by atoms with Gasteiger partial charge < -0.3 is 9.47 Å². The summed E-state index contributed by atoms with van der Waals surface area (Å²) in [5.41, 5.74) is 1.00. The number of hydrogen-bond donors (Lipinski definition) is 0. The standard InChI is InChI=1S/C22H25ClN2O4/c1-17(13-15-28-20(26)18-9-5-3-6-10-18)24-25-22(2,23)14-16-29-21(27)19-11-7-4-8-12-19/h3-12,17H,13-16H2,1-2H3/b25-24+. The van der Waals surface area contributed by atoms with Crippen molar-refractivity contribution >= 4 is 23.5 Å². The van der Waals surface area contributed by atoms with Crippen molar-refractivity contribution in [3.05, 3.63) is 71.8 Å². The Labute approximate surface area is 175 Å². The second-order valence-corrected chi connectivity index (χ2v) is 7.56. The highest BCUT2D eigenvalue weighted by Crippen LogP contribution is 2.22. The van der Waals surface area contributed by atoms with Crippen LogP contribution in [0.15, 0.2) is 70.9 Å². The third-order valence-electron chi connectivity index (χ3n) is 4.04. The number of esters is 2. The summed E-state index contributed by atoms with van der Waals surface area (Å²) < 4.78 is 10.5. The van der Waals surface area contributed by atoms with E-state index >= 15 is 0 Å². The summed E-state index contributed by atoms with van der Waals surface area (Å²) in [5.74, 6) is -0.763. The predicted octanol–water partition coefficient (Wildman–Crippen LogP) is 5.28. The first-order chi connectivity index (χ1) is 13.9. The van der Waals surface area contributed by atoms with Gasteiger partial charge in [0, 0.05) is 12.8 Å². The van der Waals surface area contributed by atoms with Crippen LogP contribution >= 0.6 is 11.6 Å². The molecule has 2 rings (SSSR count). The third kappa shape index (κ3) is 8.44. The van der Waals surface area contributed by atoms with E-state index in [9.17, 15) is 9.59 Å². The molecule has 6 nitrogen and oxygen atoms in total. The molecule has 0 N–H and O–H groups in total. The summed E-state index contributed by atoms with van der Waals surface area (Å²) in [6.07, 6.45) is 0.852. The number of halogens is 1. The molecule has 2 atom stereocenters. The highest BCUT2D eigenvalue weighted by molar-refractivity contribution is 6.23. The summed E-state index contributed by atoms with van der Waals surface area (Å²) >= 11 is 6.34. The molecule has 0 aromatic heterocycles. The van der Waals surface area contributed by atoms with Crippen LogP contribution in [0, 0.1) is 0 Å². The molecule has 0 radical (unpaired) electrons. The molecule has 154 valence electrons. The van der Waals surface area contributed by atoms with Crippen LogP contribution in [0.2, 0.25) is 0 Å². The normalized spacial score (nSPS) is 14.2. The number of ether oxygens (including phenoxy) is 2. The topological polar surface area (TPSA) is 77.3 Å². The van der Waals surface area contributed by atoms with Crippen LogP contribution in [0.25, 0.3) is 0 Å². The van der Waals surface area contributed by atoms with E-state index in [4.69, 9.17) is 21.1 Å². The van der Waals surface area contributed by atoms with Crippen molar-refractivity contribution in [3.63, 3.8) is 0 Å². The van der Waals surface area contributed by atoms with Gasteiger partial charge in [-0.1, -0.05) is 48.0 Å². The van der Waals surface area contributed by atoms with Crippen molar-refractivity contribution < 1.29 is 19.1 Å². The van der Waals surface area contributed by atoms with E-state index in [0.717, 1.165) is 0 Å². The number of rotatable bonds is 10. The van der Waals surface area contributed by atoms with Gasteiger partial charge in [-0.3, -0.25) is 0 Å². The van der Waals surface area contributed by atoms with E-state index in [2.05, 4.69) is 10.2 Å². The van der Waals surface area contributed by atoms with E-state index in [0.29, 0.717) is 24.0 Å². The molecule has 0 fully saturated rings. The van der Waals surface area contributed by atoms with E-state index in [1.165, 1.54) is 0 Å². The number of carbonyl (C=O) groups is 2. The highest BCUT2D eigenvalue weighted by atomic mass is 35.5. The molecular formula is C22H25ClN2O4. The molecule has 0 heterocycles. The molecule has 0 amide bonds. The Morgan fingerprint density at radius 3 is 1.93 bits per heavy atom. The fourth-order valence-electron chi connectivity index (χ4n) is 2.29. The molecule has 0 aliphatic heterocycles. The van der Waals surface area contributed by atoms with E-state index < -0.39 is 11.0 Å². The minimum atomic E-state index is -0.980. The van der Waals surface area contributed by atoms with Crippen LogP contribution in [-0.2, 0) is 9.47 Å². The molecule has 0 bridgehead atoms. The summed E-state index contributed by atoms with van der Waals surface area (Å²) in [4.78, 5) is 22.8. The summed E-state index contributed by atoms with van der Waals surface area (Å²) in [5, 5.41) is 8.32. The van der Waals surface area contributed by atoms with Crippen molar-refractivity contribution in [3.8, 4) is 0 Å². The van der Waals surface area contributed by atoms with Crippen LogP contribution in [0.3, 0.4) is 0 Å². The Morgan fingerprint density at radius 1 is 0.931 bits per heavy atom. The maximum Gasteiger partial charge on any atom is 0.338 e. The first-order valence-corrected chi connectivity index (χ1v) is 9.80. The molecule has 0 aliphatic rings. The van der Waals surface area contributed by atoms with Crippen molar-refractivity contribution in [2.24, 2.45) is 10.2 Å². The maximum absolute atomic E-state index is 11.9. The van der Waals surface area contributed by atoms with Gasteiger partial charge in [0.25, 0.3) is 0 Å². The Bertz CT molecular complexity index is 810. The van der Waals surface area contributed by atoms with Gasteiger partial charge in [0.1, 0.15) is 0 Å². The van der Waals surface area contributed by atoms with Crippen molar-refractivity contribution in [2.75, 3.05) is 13.2 Å². The van der Waals surface area contributed by atoms with Gasteiger partial charge in [0.15, 0.2) is 5.00 Å². The second-order valence-electron chi connectivity index (χ2n) is 6.75. The van der Waals surface area contributed by atoms with Crippen molar-refractivity contribution in [2.45, 2.75) is 37.7 Å². The molecule has 0 spiro atoms. The molecule has 7 heteroatoms. The molecule has 0 saturated heterocycles. The van der Waals surface area contributed by atoms with Gasteiger partial charge in [-0.05, 0) is 38.1 Å². The lowest BCUT2D eigenvalue weighted by molar-refractivity contribution is 0.0479. The summed E-state index contributed by atoms with van der Waals surface area (Å²) in [7, 11) is 0. The molecule has 2 unspecified atom stereocenters. The fourth-order valence-corrected chi connectivity index (χ4v) is 2.41. The number of azo groups is 1. The number of hydrogen-bond acceptors (Lipinski definition) is 6. The van der Waals surface area contributed by atoms with Gasteiger partial charge in [-0.2, -0.15) is 10.2 Å². The number of nitrogens with zero attached hydrogens (tertiary/aromatic N) is 2. The second kappa shape index (κ2) is 11.3. The Hall–Kier alpha value is -2.73. The lowest BCUT2D eigenvalue weighted by atomic mass is 10.2. The van der Waals surface area contributed by atoms with Gasteiger partial charge in [-0.25, -0.2) is 9.59 Å². The zero-order valence-electron chi connectivity index (χ0n) is 16.6. The molecule has 29 heavy (non-hydrogen) atoms. The van der Waals surface area contributed by atoms with Crippen LogP contribution in [0.1, 0.15) is 47.4 Å². The number of benzene rings is 2. The molecular weight excluding hydrogens is 392 g/mol. The van der Waals surface area contributed by atoms with Gasteiger partial charge in [-0.15, -0.1) is 0 Å². The summed E-state index contributed by atoms with van der Waals surface area (Å²) in [6.45, 7) is 3.94. The van der Waals surface area contributed by atoms with Gasteiger partial charge in [0.2, 0.25) is 0 Å². The minimum Gasteiger partial charge on any atom is -0.462 e. The Balaban J connectivity index is 1.68. The molecule has 2 aromatic rings. The first-order valence-electron chi connectivity index (χ1n) is 9.43. The smallest absolute Gasteiger partial charge is 0.338 e. The Morgan fingerprint density at radius 2 is 1.41 bits per heavy atom. The van der Waals surface area contributed by atoms with Gasteiger partial charge >= 0.3 is 11.9 Å². The average Bonchev–Trinajstić information content (AvgIpc) is 2.73. The lowest BCUT2D eigenvalue weighted by Gasteiger charge is -2.16. The number of carbonyl (C=O) groups excluding carboxylic acids is 2. The van der Waals surface area contributed by atoms with Crippen LogP contribution in [-0.4, -0.2) is 36.2 Å². The Kier molecular flexibility index (Phi) is 8.80. The van der Waals surface area contributed by atoms with E-state index in [1.807, 2.05) is 19.1 Å². The van der Waals surface area contributed by atoms with Crippen molar-refractivity contribution in [1.82, 2.24) is 0 Å². The lowest BCUT2D eigenvalue weighted by Crippen LogP contribution is -2.18. The quantitative estimate of drug-likeness (QED) is 0.228. The van der Waals surface area contributed by atoms with Crippen molar-refractivity contribution in [1.29, 1.82) is 0 Å². The maximum atomic E-state index is 11.9. The van der Waals surface area contributed by atoms with Crippen LogP contribution < -0.4 is 0 Å². The largest absolute Gasteiger partial charge is 0.462 e. The van der Waals surface area contributed by atoms with E-state index in [1.54, 1.807) is 55.5 Å². The molecule has 0 aliphatic carbocycles. The molecule has 0 saturated carbocycles. The number of alkyl halides is 1. The monoisotopic (exact) mass is 416 g/mol. The third-order valence-corrected chi connectivity index (χ3v) is 4.31. The van der Waals surface area contributed by atoms with Crippen LogP contribution in [0.5, 0.6) is 0 Å². The van der Waals surface area contributed by atoms with Crippen LogP contribution in [0.4, 0.5) is 0 Å². The van der Waals surface area contributed by atoms with E-state index in [-0.39, 0.29) is 25.2 Å². The first kappa shape index (κ1) is 22.6. The zero-order valence-corrected chi connectivity index (χ0v) is 17.3. The highest BCUT2D eigenvalue weighted by Gasteiger charge is 2.21. The van der Waals surface area contributed by atoms with Gasteiger partial charge in [0.05, 0.1) is 30.4 Å². The predicted molar refractivity (Wildman–Crippen MR) is 111 cm³/mol. The average molecular weight is 417 g/mol. The zero-order chi connectivity index (χ0) is 21.1. The fraction of sp³-hybridized carbons (Fsp3) is 0.364. The minimum absolute atomic E-state index is 0.135.